The Hall–Kier alpha value is -2.30. The zero-order valence-electron chi connectivity index (χ0n) is 12.4. The number of nitrogens with one attached hydrogen (secondary N) is 2. The molecule has 1 amide bonds. The molecular weight excluding hydrogens is 271 g/mol. The summed E-state index contributed by atoms with van der Waals surface area (Å²) in [6.07, 6.45) is 5.03. The number of carbonyl (C=O) groups is 1. The fourth-order valence-electron chi connectivity index (χ4n) is 1.90. The van der Waals surface area contributed by atoms with E-state index >= 15 is 0 Å². The second-order valence-electron chi connectivity index (χ2n) is 5.72. The Bertz CT molecular complexity index is 668. The second-order valence-corrected chi connectivity index (χ2v) is 5.72. The van der Waals surface area contributed by atoms with E-state index in [0.717, 1.165) is 16.5 Å². The van der Waals surface area contributed by atoms with Crippen molar-refractivity contribution >= 4 is 23.1 Å². The largest absolute Gasteiger partial charge is 0.444 e. The molecule has 0 bridgehead atoms. The standard InChI is InChI=1S/C16H19FN2O2/c1-16(2,3)21-15(20)18-8-4-5-11-10-19-14-9-12(17)6-7-13(11)14/h4-7,9-10,19H,8H2,1-3H3,(H,18,20). The average Bonchev–Trinajstić information content (AvgIpc) is 2.75. The summed E-state index contributed by atoms with van der Waals surface area (Å²) >= 11 is 0. The van der Waals surface area contributed by atoms with Crippen molar-refractivity contribution in [2.45, 2.75) is 26.4 Å². The predicted octanol–water partition coefficient (Wildman–Crippen LogP) is 3.84. The molecule has 2 aromatic rings. The number of amides is 1. The van der Waals surface area contributed by atoms with Gasteiger partial charge >= 0.3 is 6.09 Å². The molecule has 2 N–H and O–H groups in total. The first-order chi connectivity index (χ1) is 9.85. The number of H-pyrrole nitrogens is 1. The second kappa shape index (κ2) is 5.99. The van der Waals surface area contributed by atoms with Crippen molar-refractivity contribution in [1.29, 1.82) is 0 Å². The minimum absolute atomic E-state index is 0.272. The summed E-state index contributed by atoms with van der Waals surface area (Å²) in [7, 11) is 0. The molecule has 0 aliphatic heterocycles. The molecule has 4 nitrogen and oxygen atoms in total. The highest BCUT2D eigenvalue weighted by atomic mass is 19.1. The maximum absolute atomic E-state index is 13.1. The molecule has 0 atom stereocenters. The highest BCUT2D eigenvalue weighted by molar-refractivity contribution is 5.88. The number of rotatable bonds is 3. The van der Waals surface area contributed by atoms with Gasteiger partial charge in [0.05, 0.1) is 0 Å². The summed E-state index contributed by atoms with van der Waals surface area (Å²) in [6.45, 7) is 5.80. The minimum Gasteiger partial charge on any atom is -0.444 e. The van der Waals surface area contributed by atoms with E-state index in [9.17, 15) is 9.18 Å². The summed E-state index contributed by atoms with van der Waals surface area (Å²) < 4.78 is 18.2. The molecular formula is C16H19FN2O2. The first-order valence-corrected chi connectivity index (χ1v) is 6.75. The fourth-order valence-corrected chi connectivity index (χ4v) is 1.90. The molecule has 1 aromatic heterocycles. The Kier molecular flexibility index (Phi) is 4.31. The number of hydrogen-bond donors (Lipinski definition) is 2. The molecule has 1 aromatic carbocycles. The van der Waals surface area contributed by atoms with Gasteiger partial charge < -0.3 is 15.0 Å². The van der Waals surface area contributed by atoms with Crippen LogP contribution in [0.25, 0.3) is 17.0 Å². The Morgan fingerprint density at radius 3 is 2.90 bits per heavy atom. The molecule has 112 valence electrons. The smallest absolute Gasteiger partial charge is 0.407 e. The van der Waals surface area contributed by atoms with E-state index in [1.807, 2.05) is 32.9 Å². The van der Waals surface area contributed by atoms with Gasteiger partial charge in [-0.3, -0.25) is 0 Å². The van der Waals surface area contributed by atoms with Crippen molar-refractivity contribution in [3.63, 3.8) is 0 Å². The molecule has 0 aliphatic carbocycles. The van der Waals surface area contributed by atoms with Crippen LogP contribution in [0.3, 0.4) is 0 Å². The van der Waals surface area contributed by atoms with Crippen LogP contribution in [0.4, 0.5) is 9.18 Å². The number of alkyl carbamates (subject to hydrolysis) is 1. The topological polar surface area (TPSA) is 54.1 Å². The molecule has 0 aliphatic rings. The van der Waals surface area contributed by atoms with E-state index in [0.29, 0.717) is 6.54 Å². The summed E-state index contributed by atoms with van der Waals surface area (Å²) in [6, 6.07) is 4.60. The number of halogens is 1. The first kappa shape index (κ1) is 15.1. The van der Waals surface area contributed by atoms with Crippen molar-refractivity contribution < 1.29 is 13.9 Å². The van der Waals surface area contributed by atoms with Gasteiger partial charge in [0, 0.05) is 23.6 Å². The molecule has 0 spiro atoms. The SMILES string of the molecule is CC(C)(C)OC(=O)NCC=Cc1c[nH]c2cc(F)ccc12. The quantitative estimate of drug-likeness (QED) is 0.902. The van der Waals surface area contributed by atoms with Crippen LogP contribution in [0, 0.1) is 5.82 Å². The van der Waals surface area contributed by atoms with Crippen molar-refractivity contribution in [3.8, 4) is 0 Å². The van der Waals surface area contributed by atoms with Gasteiger partial charge in [-0.2, -0.15) is 0 Å². The first-order valence-electron chi connectivity index (χ1n) is 6.75. The lowest BCUT2D eigenvalue weighted by Crippen LogP contribution is -2.32. The maximum Gasteiger partial charge on any atom is 0.407 e. The summed E-state index contributed by atoms with van der Waals surface area (Å²) in [4.78, 5) is 14.5. The van der Waals surface area contributed by atoms with E-state index < -0.39 is 11.7 Å². The van der Waals surface area contributed by atoms with Gasteiger partial charge in [-0.1, -0.05) is 12.2 Å². The lowest BCUT2D eigenvalue weighted by atomic mass is 10.1. The Morgan fingerprint density at radius 2 is 2.19 bits per heavy atom. The normalized spacial score (nSPS) is 12.0. The predicted molar refractivity (Wildman–Crippen MR) is 81.5 cm³/mol. The van der Waals surface area contributed by atoms with E-state index in [2.05, 4.69) is 10.3 Å². The Labute approximate surface area is 123 Å². The van der Waals surface area contributed by atoms with Gasteiger partial charge in [-0.05, 0) is 44.5 Å². The zero-order chi connectivity index (χ0) is 15.5. The Balaban J connectivity index is 1.93. The molecule has 0 fully saturated rings. The van der Waals surface area contributed by atoms with Crippen LogP contribution < -0.4 is 5.32 Å². The number of benzene rings is 1. The van der Waals surface area contributed by atoms with Gasteiger partial charge in [0.2, 0.25) is 0 Å². The van der Waals surface area contributed by atoms with Gasteiger partial charge in [-0.15, -0.1) is 0 Å². The lowest BCUT2D eigenvalue weighted by Gasteiger charge is -2.19. The third-order valence-electron chi connectivity index (χ3n) is 2.74. The summed E-state index contributed by atoms with van der Waals surface area (Å²) in [5, 5.41) is 3.58. The van der Waals surface area contributed by atoms with Crippen LogP contribution in [-0.2, 0) is 4.74 Å². The van der Waals surface area contributed by atoms with Crippen LogP contribution >= 0.6 is 0 Å². The molecule has 0 saturated heterocycles. The van der Waals surface area contributed by atoms with Crippen LogP contribution in [0.2, 0.25) is 0 Å². The van der Waals surface area contributed by atoms with E-state index in [1.165, 1.54) is 12.1 Å². The van der Waals surface area contributed by atoms with E-state index in [-0.39, 0.29) is 5.82 Å². The average molecular weight is 290 g/mol. The van der Waals surface area contributed by atoms with Crippen molar-refractivity contribution in [2.75, 3.05) is 6.54 Å². The number of fused-ring (bicyclic) bond motifs is 1. The van der Waals surface area contributed by atoms with E-state index in [1.54, 1.807) is 12.3 Å². The molecule has 0 unspecified atom stereocenters. The van der Waals surface area contributed by atoms with Gasteiger partial charge in [0.25, 0.3) is 0 Å². The molecule has 0 radical (unpaired) electrons. The van der Waals surface area contributed by atoms with Crippen LogP contribution in [0.1, 0.15) is 26.3 Å². The molecule has 5 heteroatoms. The van der Waals surface area contributed by atoms with Gasteiger partial charge in [0.15, 0.2) is 0 Å². The number of aromatic amines is 1. The maximum atomic E-state index is 13.1. The van der Waals surface area contributed by atoms with Crippen molar-refractivity contribution in [2.24, 2.45) is 0 Å². The highest BCUT2D eigenvalue weighted by Crippen LogP contribution is 2.20. The Morgan fingerprint density at radius 1 is 1.43 bits per heavy atom. The molecule has 0 saturated carbocycles. The van der Waals surface area contributed by atoms with Crippen molar-refractivity contribution in [3.05, 3.63) is 41.9 Å². The number of hydrogen-bond acceptors (Lipinski definition) is 2. The molecule has 2 rings (SSSR count). The number of ether oxygens (including phenoxy) is 1. The lowest BCUT2D eigenvalue weighted by molar-refractivity contribution is 0.0534. The van der Waals surface area contributed by atoms with Gasteiger partial charge in [-0.25, -0.2) is 9.18 Å². The summed E-state index contributed by atoms with van der Waals surface area (Å²) in [5.41, 5.74) is 1.18. The van der Waals surface area contributed by atoms with Crippen LogP contribution in [-0.4, -0.2) is 23.2 Å². The third kappa shape index (κ3) is 4.34. The van der Waals surface area contributed by atoms with Gasteiger partial charge in [0.1, 0.15) is 11.4 Å². The van der Waals surface area contributed by atoms with Crippen LogP contribution in [0.15, 0.2) is 30.5 Å². The molecule has 1 heterocycles. The third-order valence-corrected chi connectivity index (χ3v) is 2.74. The monoisotopic (exact) mass is 290 g/mol. The number of aromatic nitrogens is 1. The highest BCUT2D eigenvalue weighted by Gasteiger charge is 2.14. The molecule has 21 heavy (non-hydrogen) atoms. The zero-order valence-corrected chi connectivity index (χ0v) is 12.4. The minimum atomic E-state index is -0.505. The number of carbonyl (C=O) groups excluding carboxylic acids is 1. The van der Waals surface area contributed by atoms with Crippen LogP contribution in [0.5, 0.6) is 0 Å². The van der Waals surface area contributed by atoms with Crippen molar-refractivity contribution in [1.82, 2.24) is 10.3 Å². The summed E-state index contributed by atoms with van der Waals surface area (Å²) in [5.74, 6) is -0.272. The fraction of sp³-hybridized carbons (Fsp3) is 0.312. The van der Waals surface area contributed by atoms with E-state index in [4.69, 9.17) is 4.74 Å².